The molecule has 0 unspecified atom stereocenters. The highest BCUT2D eigenvalue weighted by Gasteiger charge is 2.16. The average Bonchev–Trinajstić information content (AvgIpc) is 2.80. The maximum absolute atomic E-state index is 12.1. The summed E-state index contributed by atoms with van der Waals surface area (Å²) >= 11 is 3.75. The lowest BCUT2D eigenvalue weighted by molar-refractivity contribution is 0.102. The quantitative estimate of drug-likeness (QED) is 0.782. The Labute approximate surface area is 128 Å². The van der Waals surface area contributed by atoms with Crippen LogP contribution in [-0.4, -0.2) is 17.4 Å². The van der Waals surface area contributed by atoms with Crippen LogP contribution in [0.5, 0.6) is 0 Å². The van der Waals surface area contributed by atoms with Crippen LogP contribution in [0.1, 0.15) is 20.9 Å². The van der Waals surface area contributed by atoms with Crippen LogP contribution in [0.3, 0.4) is 0 Å². The molecule has 3 rings (SSSR count). The minimum Gasteiger partial charge on any atom is -0.311 e. The molecule has 1 aliphatic rings. The molecule has 6 heteroatoms. The highest BCUT2D eigenvalue weighted by molar-refractivity contribution is 14.1. The van der Waals surface area contributed by atoms with Gasteiger partial charge < -0.3 is 5.32 Å². The van der Waals surface area contributed by atoms with E-state index in [1.54, 1.807) is 11.3 Å². The first-order chi connectivity index (χ1) is 9.22. The van der Waals surface area contributed by atoms with Gasteiger partial charge >= 0.3 is 0 Å². The number of nitrogens with zero attached hydrogens (tertiary/aromatic N) is 1. The van der Waals surface area contributed by atoms with Crippen LogP contribution in [-0.2, 0) is 13.0 Å². The summed E-state index contributed by atoms with van der Waals surface area (Å²) < 4.78 is 1.05. The van der Waals surface area contributed by atoms with E-state index in [1.807, 2.05) is 24.3 Å². The molecule has 19 heavy (non-hydrogen) atoms. The molecule has 2 N–H and O–H groups in total. The zero-order chi connectivity index (χ0) is 13.2. The van der Waals surface area contributed by atoms with Gasteiger partial charge in [0, 0.05) is 33.5 Å². The second-order valence-electron chi connectivity index (χ2n) is 4.28. The van der Waals surface area contributed by atoms with Crippen molar-refractivity contribution >= 4 is 45.0 Å². The van der Waals surface area contributed by atoms with E-state index in [2.05, 4.69) is 38.2 Å². The van der Waals surface area contributed by atoms with Crippen LogP contribution < -0.4 is 10.6 Å². The van der Waals surface area contributed by atoms with E-state index >= 15 is 0 Å². The second-order valence-corrected chi connectivity index (χ2v) is 6.61. The first-order valence-corrected chi connectivity index (χ1v) is 7.88. The number of halogens is 1. The van der Waals surface area contributed by atoms with E-state index in [9.17, 15) is 4.79 Å². The molecule has 0 saturated heterocycles. The first kappa shape index (κ1) is 13.0. The molecule has 0 spiro atoms. The van der Waals surface area contributed by atoms with Crippen LogP contribution in [0.25, 0.3) is 0 Å². The van der Waals surface area contributed by atoms with Crippen molar-refractivity contribution in [1.82, 2.24) is 10.3 Å². The van der Waals surface area contributed by atoms with Crippen molar-refractivity contribution in [2.24, 2.45) is 0 Å². The van der Waals surface area contributed by atoms with Crippen molar-refractivity contribution in [2.75, 3.05) is 11.9 Å². The molecule has 4 nitrogen and oxygen atoms in total. The molecule has 0 radical (unpaired) electrons. The zero-order valence-corrected chi connectivity index (χ0v) is 13.0. The maximum Gasteiger partial charge on any atom is 0.257 e. The largest absolute Gasteiger partial charge is 0.311 e. The van der Waals surface area contributed by atoms with Gasteiger partial charge in [0.15, 0.2) is 5.13 Å². The topological polar surface area (TPSA) is 54.0 Å². The number of fused-ring (bicyclic) bond motifs is 1. The Kier molecular flexibility index (Phi) is 3.81. The third-order valence-corrected chi connectivity index (χ3v) is 4.59. The van der Waals surface area contributed by atoms with Gasteiger partial charge in [0.1, 0.15) is 0 Å². The number of carbonyl (C=O) groups excluding carboxylic acids is 1. The molecule has 2 aromatic rings. The summed E-state index contributed by atoms with van der Waals surface area (Å²) in [4.78, 5) is 17.8. The van der Waals surface area contributed by atoms with Gasteiger partial charge in [0.2, 0.25) is 0 Å². The number of benzene rings is 1. The Bertz CT molecular complexity index is 603. The summed E-state index contributed by atoms with van der Waals surface area (Å²) in [6, 6.07) is 7.52. The predicted molar refractivity (Wildman–Crippen MR) is 84.6 cm³/mol. The van der Waals surface area contributed by atoms with Crippen LogP contribution in [0.15, 0.2) is 24.3 Å². The van der Waals surface area contributed by atoms with E-state index in [0.29, 0.717) is 10.7 Å². The summed E-state index contributed by atoms with van der Waals surface area (Å²) in [6.07, 6.45) is 0.935. The number of hydrogen-bond donors (Lipinski definition) is 2. The summed E-state index contributed by atoms with van der Waals surface area (Å²) in [7, 11) is 0. The molecule has 1 amide bonds. The van der Waals surface area contributed by atoms with E-state index in [0.717, 1.165) is 28.8 Å². The summed E-state index contributed by atoms with van der Waals surface area (Å²) in [5.74, 6) is -0.0995. The highest BCUT2D eigenvalue weighted by Crippen LogP contribution is 2.25. The number of carbonyl (C=O) groups is 1. The molecule has 1 aromatic carbocycles. The fourth-order valence-corrected chi connectivity index (χ4v) is 3.49. The Hall–Kier alpha value is -0.990. The van der Waals surface area contributed by atoms with E-state index in [4.69, 9.17) is 0 Å². The maximum atomic E-state index is 12.1. The molecular weight excluding hydrogens is 373 g/mol. The second kappa shape index (κ2) is 5.56. The average molecular weight is 385 g/mol. The molecule has 0 aliphatic carbocycles. The van der Waals surface area contributed by atoms with Gasteiger partial charge in [0.25, 0.3) is 5.91 Å². The zero-order valence-electron chi connectivity index (χ0n) is 10.1. The van der Waals surface area contributed by atoms with Gasteiger partial charge in [-0.15, -0.1) is 11.3 Å². The van der Waals surface area contributed by atoms with Gasteiger partial charge in [-0.3, -0.25) is 10.1 Å². The van der Waals surface area contributed by atoms with Crippen LogP contribution in [0, 0.1) is 3.57 Å². The Morgan fingerprint density at radius 3 is 3.16 bits per heavy atom. The van der Waals surface area contributed by atoms with Crippen LogP contribution in [0.2, 0.25) is 0 Å². The van der Waals surface area contributed by atoms with E-state index in [-0.39, 0.29) is 5.91 Å². The molecule has 1 aromatic heterocycles. The van der Waals surface area contributed by atoms with E-state index < -0.39 is 0 Å². The molecular formula is C13H12IN3OS. The molecule has 0 saturated carbocycles. The van der Waals surface area contributed by atoms with E-state index in [1.165, 1.54) is 4.88 Å². The predicted octanol–water partition coefficient (Wildman–Crippen LogP) is 2.65. The molecule has 98 valence electrons. The van der Waals surface area contributed by atoms with Crippen LogP contribution >= 0.6 is 33.9 Å². The normalized spacial score (nSPS) is 13.9. The Morgan fingerprint density at radius 1 is 1.47 bits per heavy atom. The fraction of sp³-hybridized carbons (Fsp3) is 0.231. The SMILES string of the molecule is O=C(Nc1nc2c(s1)CNCC2)c1cccc(I)c1. The molecule has 2 heterocycles. The van der Waals surface area contributed by atoms with Gasteiger partial charge in [0.05, 0.1) is 5.69 Å². The number of hydrogen-bond acceptors (Lipinski definition) is 4. The Morgan fingerprint density at radius 2 is 2.37 bits per heavy atom. The van der Waals surface area contributed by atoms with Gasteiger partial charge in [-0.2, -0.15) is 0 Å². The number of thiazole rings is 1. The van der Waals surface area contributed by atoms with Crippen molar-refractivity contribution in [3.8, 4) is 0 Å². The Balaban J connectivity index is 1.77. The molecule has 0 atom stereocenters. The molecule has 0 fully saturated rings. The van der Waals surface area contributed by atoms with Gasteiger partial charge in [-0.25, -0.2) is 4.98 Å². The lowest BCUT2D eigenvalue weighted by Crippen LogP contribution is -2.22. The van der Waals surface area contributed by atoms with Gasteiger partial charge in [-0.05, 0) is 40.8 Å². The van der Waals surface area contributed by atoms with Crippen molar-refractivity contribution in [1.29, 1.82) is 0 Å². The third-order valence-electron chi connectivity index (χ3n) is 2.91. The number of nitrogens with one attached hydrogen (secondary N) is 2. The smallest absolute Gasteiger partial charge is 0.257 e. The van der Waals surface area contributed by atoms with Crippen molar-refractivity contribution in [3.63, 3.8) is 0 Å². The van der Waals surface area contributed by atoms with Gasteiger partial charge in [-0.1, -0.05) is 6.07 Å². The number of anilines is 1. The number of aromatic nitrogens is 1. The summed E-state index contributed by atoms with van der Waals surface area (Å²) in [6.45, 7) is 1.81. The first-order valence-electron chi connectivity index (χ1n) is 5.98. The van der Waals surface area contributed by atoms with Crippen LogP contribution in [0.4, 0.5) is 5.13 Å². The van der Waals surface area contributed by atoms with Crippen molar-refractivity contribution in [3.05, 3.63) is 44.0 Å². The summed E-state index contributed by atoms with van der Waals surface area (Å²) in [5.41, 5.74) is 1.78. The lowest BCUT2D eigenvalue weighted by atomic mass is 10.2. The minimum atomic E-state index is -0.0995. The fourth-order valence-electron chi connectivity index (χ4n) is 1.98. The third kappa shape index (κ3) is 2.96. The standard InChI is InChI=1S/C13H12IN3OS/c14-9-3-1-2-8(6-9)12(18)17-13-16-10-4-5-15-7-11(10)19-13/h1-3,6,15H,4-5,7H2,(H,16,17,18). The lowest BCUT2D eigenvalue weighted by Gasteiger charge is -2.09. The monoisotopic (exact) mass is 385 g/mol. The number of amides is 1. The van der Waals surface area contributed by atoms with Crippen molar-refractivity contribution in [2.45, 2.75) is 13.0 Å². The molecule has 0 bridgehead atoms. The number of rotatable bonds is 2. The van der Waals surface area contributed by atoms with Crippen molar-refractivity contribution < 1.29 is 4.79 Å². The minimum absolute atomic E-state index is 0.0995. The molecule has 1 aliphatic heterocycles. The summed E-state index contributed by atoms with van der Waals surface area (Å²) in [5, 5.41) is 6.88. The highest BCUT2D eigenvalue weighted by atomic mass is 127.